The van der Waals surface area contributed by atoms with Gasteiger partial charge in [0.15, 0.2) is 11.5 Å². The van der Waals surface area contributed by atoms with Crippen molar-refractivity contribution in [2.24, 2.45) is 0 Å². The molecule has 31 heavy (non-hydrogen) atoms. The fraction of sp³-hybridized carbons (Fsp3) is 0.292. The van der Waals surface area contributed by atoms with Gasteiger partial charge in [0.1, 0.15) is 0 Å². The van der Waals surface area contributed by atoms with Crippen LogP contribution < -0.4 is 9.47 Å². The van der Waals surface area contributed by atoms with Crippen molar-refractivity contribution in [1.82, 2.24) is 9.47 Å². The predicted octanol–water partition coefficient (Wildman–Crippen LogP) is 4.60. The highest BCUT2D eigenvalue weighted by molar-refractivity contribution is 6.31. The van der Waals surface area contributed by atoms with Gasteiger partial charge in [-0.25, -0.2) is 0 Å². The van der Waals surface area contributed by atoms with Crippen LogP contribution in [0.1, 0.15) is 28.0 Å². The minimum atomic E-state index is -0.0557. The van der Waals surface area contributed by atoms with Crippen LogP contribution in [0.5, 0.6) is 11.5 Å². The lowest BCUT2D eigenvalue weighted by atomic mass is 10.1. The quantitative estimate of drug-likeness (QED) is 0.456. The number of aromatic nitrogens is 1. The van der Waals surface area contributed by atoms with E-state index in [4.69, 9.17) is 25.8 Å². The molecule has 0 saturated heterocycles. The second-order valence-electron chi connectivity index (χ2n) is 7.36. The van der Waals surface area contributed by atoms with Crippen LogP contribution in [0.2, 0.25) is 5.02 Å². The van der Waals surface area contributed by atoms with Crippen LogP contribution >= 0.6 is 11.6 Å². The summed E-state index contributed by atoms with van der Waals surface area (Å²) in [6.45, 7) is 2.48. The highest BCUT2D eigenvalue weighted by Crippen LogP contribution is 2.33. The molecule has 0 saturated carbocycles. The van der Waals surface area contributed by atoms with E-state index in [1.54, 1.807) is 25.3 Å². The SMILES string of the molecule is COCCCN(Cc1cccn1Cc1ccccc1Cl)C(=O)c1ccc2c(c1)OCO2. The van der Waals surface area contributed by atoms with Gasteiger partial charge in [0, 0.05) is 49.3 Å². The summed E-state index contributed by atoms with van der Waals surface area (Å²) in [5.74, 6) is 1.21. The first kappa shape index (κ1) is 21.3. The van der Waals surface area contributed by atoms with Gasteiger partial charge in [-0.3, -0.25) is 4.79 Å². The van der Waals surface area contributed by atoms with E-state index in [0.717, 1.165) is 22.7 Å². The largest absolute Gasteiger partial charge is 0.454 e. The lowest BCUT2D eigenvalue weighted by molar-refractivity contribution is 0.0719. The lowest BCUT2D eigenvalue weighted by Crippen LogP contribution is -2.33. The van der Waals surface area contributed by atoms with Gasteiger partial charge in [-0.2, -0.15) is 0 Å². The third-order valence-electron chi connectivity index (χ3n) is 5.26. The van der Waals surface area contributed by atoms with Gasteiger partial charge in [-0.15, -0.1) is 0 Å². The summed E-state index contributed by atoms with van der Waals surface area (Å²) in [4.78, 5) is 15.2. The van der Waals surface area contributed by atoms with Crippen LogP contribution in [0.3, 0.4) is 0 Å². The van der Waals surface area contributed by atoms with E-state index in [9.17, 15) is 4.79 Å². The van der Waals surface area contributed by atoms with Crippen LogP contribution in [-0.2, 0) is 17.8 Å². The monoisotopic (exact) mass is 440 g/mol. The molecule has 7 heteroatoms. The summed E-state index contributed by atoms with van der Waals surface area (Å²) in [7, 11) is 1.67. The molecule has 2 aromatic carbocycles. The highest BCUT2D eigenvalue weighted by Gasteiger charge is 2.21. The molecule has 1 aromatic heterocycles. The summed E-state index contributed by atoms with van der Waals surface area (Å²) in [5, 5.41) is 0.732. The number of hydrogen-bond donors (Lipinski definition) is 0. The number of rotatable bonds is 9. The summed E-state index contributed by atoms with van der Waals surface area (Å²) < 4.78 is 18.1. The van der Waals surface area contributed by atoms with E-state index < -0.39 is 0 Å². The molecule has 162 valence electrons. The first-order chi connectivity index (χ1) is 15.2. The van der Waals surface area contributed by atoms with Crippen molar-refractivity contribution in [1.29, 1.82) is 0 Å². The van der Waals surface area contributed by atoms with E-state index in [1.807, 2.05) is 47.5 Å². The van der Waals surface area contributed by atoms with Crippen molar-refractivity contribution in [3.05, 3.63) is 82.6 Å². The van der Waals surface area contributed by atoms with Crippen molar-refractivity contribution in [2.45, 2.75) is 19.5 Å². The van der Waals surface area contributed by atoms with Crippen molar-refractivity contribution < 1.29 is 19.0 Å². The Morgan fingerprint density at radius 3 is 2.81 bits per heavy atom. The van der Waals surface area contributed by atoms with Crippen molar-refractivity contribution in [3.8, 4) is 11.5 Å². The van der Waals surface area contributed by atoms with E-state index in [-0.39, 0.29) is 12.7 Å². The van der Waals surface area contributed by atoms with Crippen molar-refractivity contribution >= 4 is 17.5 Å². The number of fused-ring (bicyclic) bond motifs is 1. The summed E-state index contributed by atoms with van der Waals surface area (Å²) in [5.41, 5.74) is 2.65. The molecule has 3 aromatic rings. The van der Waals surface area contributed by atoms with E-state index >= 15 is 0 Å². The number of carbonyl (C=O) groups is 1. The number of amides is 1. The zero-order valence-electron chi connectivity index (χ0n) is 17.4. The lowest BCUT2D eigenvalue weighted by Gasteiger charge is -2.24. The van der Waals surface area contributed by atoms with Crippen LogP contribution in [0, 0.1) is 0 Å². The Morgan fingerprint density at radius 2 is 1.97 bits per heavy atom. The maximum Gasteiger partial charge on any atom is 0.254 e. The molecule has 6 nitrogen and oxygen atoms in total. The van der Waals surface area contributed by atoms with Crippen LogP contribution in [0.4, 0.5) is 0 Å². The average molecular weight is 441 g/mol. The molecule has 0 radical (unpaired) electrons. The molecule has 2 heterocycles. The first-order valence-electron chi connectivity index (χ1n) is 10.2. The Morgan fingerprint density at radius 1 is 1.13 bits per heavy atom. The maximum atomic E-state index is 13.3. The van der Waals surface area contributed by atoms with Crippen LogP contribution in [0.25, 0.3) is 0 Å². The van der Waals surface area contributed by atoms with Gasteiger partial charge in [-0.1, -0.05) is 29.8 Å². The topological polar surface area (TPSA) is 52.9 Å². The van der Waals surface area contributed by atoms with Crippen molar-refractivity contribution in [2.75, 3.05) is 27.1 Å². The fourth-order valence-electron chi connectivity index (χ4n) is 3.62. The molecule has 0 atom stereocenters. The zero-order valence-corrected chi connectivity index (χ0v) is 18.2. The molecule has 0 fully saturated rings. The minimum Gasteiger partial charge on any atom is -0.454 e. The number of methoxy groups -OCH3 is 1. The Labute approximate surface area is 186 Å². The first-order valence-corrected chi connectivity index (χ1v) is 10.6. The van der Waals surface area contributed by atoms with Gasteiger partial charge in [0.05, 0.1) is 6.54 Å². The summed E-state index contributed by atoms with van der Waals surface area (Å²) in [6.07, 6.45) is 2.76. The number of ether oxygens (including phenoxy) is 3. The molecule has 0 bridgehead atoms. The normalized spacial score (nSPS) is 12.2. The second kappa shape index (κ2) is 9.90. The molecular formula is C24H25ClN2O4. The molecule has 1 amide bonds. The van der Waals surface area contributed by atoms with Crippen LogP contribution in [0.15, 0.2) is 60.8 Å². The maximum absolute atomic E-state index is 13.3. The smallest absolute Gasteiger partial charge is 0.254 e. The van der Waals surface area contributed by atoms with E-state index in [1.165, 1.54) is 0 Å². The number of hydrogen-bond acceptors (Lipinski definition) is 4. The average Bonchev–Trinajstić information content (AvgIpc) is 3.43. The minimum absolute atomic E-state index is 0.0557. The zero-order chi connectivity index (χ0) is 21.6. The number of benzene rings is 2. The Balaban J connectivity index is 1.54. The molecule has 0 aliphatic carbocycles. The van der Waals surface area contributed by atoms with Crippen molar-refractivity contribution in [3.63, 3.8) is 0 Å². The van der Waals surface area contributed by atoms with Gasteiger partial charge < -0.3 is 23.7 Å². The Hall–Kier alpha value is -2.96. The van der Waals surface area contributed by atoms with Gasteiger partial charge >= 0.3 is 0 Å². The molecule has 0 spiro atoms. The highest BCUT2D eigenvalue weighted by atomic mass is 35.5. The van der Waals surface area contributed by atoms with Crippen LogP contribution in [-0.4, -0.2) is 42.4 Å². The number of nitrogens with zero attached hydrogens (tertiary/aromatic N) is 2. The van der Waals surface area contributed by atoms with Gasteiger partial charge in [0.25, 0.3) is 5.91 Å². The molecule has 1 aliphatic rings. The van der Waals surface area contributed by atoms with E-state index in [0.29, 0.717) is 43.3 Å². The van der Waals surface area contributed by atoms with E-state index in [2.05, 4.69) is 4.57 Å². The number of carbonyl (C=O) groups excluding carboxylic acids is 1. The van der Waals surface area contributed by atoms with Gasteiger partial charge in [0.2, 0.25) is 6.79 Å². The molecule has 4 rings (SSSR count). The fourth-order valence-corrected chi connectivity index (χ4v) is 3.81. The molecule has 0 N–H and O–H groups in total. The Kier molecular flexibility index (Phi) is 6.79. The standard InChI is InChI=1S/C24H25ClN2O4/c1-29-13-5-12-27(24(28)18-9-10-22-23(14-18)31-17-30-22)16-20-7-4-11-26(20)15-19-6-2-3-8-21(19)25/h2-4,6-11,14H,5,12-13,15-17H2,1H3. The third kappa shape index (κ3) is 5.03. The molecular weight excluding hydrogens is 416 g/mol. The summed E-state index contributed by atoms with van der Waals surface area (Å²) >= 11 is 6.35. The number of halogens is 1. The Bertz CT molecular complexity index is 1050. The summed E-state index contributed by atoms with van der Waals surface area (Å²) in [6, 6.07) is 17.1. The third-order valence-corrected chi connectivity index (χ3v) is 5.63. The molecule has 0 unspecified atom stereocenters. The molecule has 1 aliphatic heterocycles. The van der Waals surface area contributed by atoms with Gasteiger partial charge in [-0.05, 0) is 48.4 Å². The predicted molar refractivity (Wildman–Crippen MR) is 119 cm³/mol. The second-order valence-corrected chi connectivity index (χ2v) is 7.77.